The summed E-state index contributed by atoms with van der Waals surface area (Å²) in [6.45, 7) is 4.65. The normalized spacial score (nSPS) is 10.8. The highest BCUT2D eigenvalue weighted by Crippen LogP contribution is 2.17. The van der Waals surface area contributed by atoms with Crippen LogP contribution in [0.4, 0.5) is 0 Å². The number of hydrogen-bond donors (Lipinski definition) is 1. The fourth-order valence-corrected chi connectivity index (χ4v) is 2.37. The summed E-state index contributed by atoms with van der Waals surface area (Å²) in [6, 6.07) is 6.62. The van der Waals surface area contributed by atoms with E-state index in [-0.39, 0.29) is 6.61 Å². The van der Waals surface area contributed by atoms with Crippen LogP contribution in [-0.2, 0) is 19.4 Å². The quantitative estimate of drug-likeness (QED) is 0.631. The summed E-state index contributed by atoms with van der Waals surface area (Å²) in [4.78, 5) is 0. The summed E-state index contributed by atoms with van der Waals surface area (Å²) in [5.41, 5.74) is 3.91. The van der Waals surface area contributed by atoms with Gasteiger partial charge in [-0.25, -0.2) is 0 Å². The largest absolute Gasteiger partial charge is 0.392 e. The Morgan fingerprint density at radius 2 is 1.50 bits per heavy atom. The minimum atomic E-state index is 0.177. The van der Waals surface area contributed by atoms with E-state index in [1.54, 1.807) is 0 Å². The second-order valence-electron chi connectivity index (χ2n) is 5.18. The first kappa shape index (κ1) is 15.2. The molecule has 0 aromatic heterocycles. The van der Waals surface area contributed by atoms with Crippen LogP contribution in [0.1, 0.15) is 69.1 Å². The third-order valence-corrected chi connectivity index (χ3v) is 3.56. The maximum Gasteiger partial charge on any atom is 0.0684 e. The smallest absolute Gasteiger partial charge is 0.0684 e. The van der Waals surface area contributed by atoms with Gasteiger partial charge in [-0.15, -0.1) is 0 Å². The molecule has 1 aromatic carbocycles. The molecule has 0 unspecified atom stereocenters. The number of aliphatic hydroxyl groups excluding tert-OH is 1. The van der Waals surface area contributed by atoms with Crippen molar-refractivity contribution in [3.8, 4) is 0 Å². The molecule has 1 rings (SSSR count). The van der Waals surface area contributed by atoms with Gasteiger partial charge in [-0.05, 0) is 42.4 Å². The van der Waals surface area contributed by atoms with E-state index in [1.807, 2.05) is 0 Å². The first-order chi connectivity index (χ1) is 8.81. The Balaban J connectivity index is 2.62. The summed E-state index contributed by atoms with van der Waals surface area (Å²) in [6.07, 6.45) is 9.94. The number of hydrogen-bond acceptors (Lipinski definition) is 1. The van der Waals surface area contributed by atoms with Gasteiger partial charge in [0.1, 0.15) is 0 Å². The van der Waals surface area contributed by atoms with Gasteiger partial charge >= 0.3 is 0 Å². The molecule has 0 saturated carbocycles. The monoisotopic (exact) mass is 248 g/mol. The van der Waals surface area contributed by atoms with Gasteiger partial charge in [-0.1, -0.05) is 57.7 Å². The van der Waals surface area contributed by atoms with Crippen molar-refractivity contribution in [3.63, 3.8) is 0 Å². The maximum atomic E-state index is 9.38. The van der Waals surface area contributed by atoms with Crippen LogP contribution in [0.3, 0.4) is 0 Å². The lowest BCUT2D eigenvalue weighted by Crippen LogP contribution is -1.97. The zero-order valence-corrected chi connectivity index (χ0v) is 12.0. The number of benzene rings is 1. The van der Waals surface area contributed by atoms with Crippen molar-refractivity contribution in [3.05, 3.63) is 34.9 Å². The summed E-state index contributed by atoms with van der Waals surface area (Å²) < 4.78 is 0. The van der Waals surface area contributed by atoms with E-state index in [1.165, 1.54) is 56.1 Å². The van der Waals surface area contributed by atoms with Crippen molar-refractivity contribution in [2.45, 2.75) is 71.8 Å². The summed E-state index contributed by atoms with van der Waals surface area (Å²) in [7, 11) is 0. The molecule has 0 radical (unpaired) electrons. The number of rotatable bonds is 9. The van der Waals surface area contributed by atoms with Gasteiger partial charge in [-0.2, -0.15) is 0 Å². The summed E-state index contributed by atoms with van der Waals surface area (Å²) in [5, 5.41) is 9.38. The number of aliphatic hydroxyl groups is 1. The van der Waals surface area contributed by atoms with E-state index < -0.39 is 0 Å². The lowest BCUT2D eigenvalue weighted by Gasteiger charge is -2.10. The number of aryl methyl sites for hydroxylation is 2. The first-order valence-electron chi connectivity index (χ1n) is 7.53. The van der Waals surface area contributed by atoms with Crippen LogP contribution in [0.25, 0.3) is 0 Å². The van der Waals surface area contributed by atoms with Crippen molar-refractivity contribution < 1.29 is 5.11 Å². The van der Waals surface area contributed by atoms with Crippen molar-refractivity contribution >= 4 is 0 Å². The highest BCUT2D eigenvalue weighted by molar-refractivity contribution is 5.32. The summed E-state index contributed by atoms with van der Waals surface area (Å²) >= 11 is 0. The molecule has 1 heteroatoms. The molecule has 18 heavy (non-hydrogen) atoms. The molecule has 0 atom stereocenters. The Morgan fingerprint density at radius 3 is 2.11 bits per heavy atom. The third-order valence-electron chi connectivity index (χ3n) is 3.56. The Bertz CT molecular complexity index is 330. The van der Waals surface area contributed by atoms with Gasteiger partial charge in [0.15, 0.2) is 0 Å². The lowest BCUT2D eigenvalue weighted by atomic mass is 9.97. The molecule has 1 aromatic rings. The van der Waals surface area contributed by atoms with E-state index in [2.05, 4.69) is 32.0 Å². The minimum absolute atomic E-state index is 0.177. The predicted molar refractivity (Wildman–Crippen MR) is 78.8 cm³/mol. The molecule has 0 spiro atoms. The molecule has 1 N–H and O–H groups in total. The highest BCUT2D eigenvalue weighted by Gasteiger charge is 2.03. The Hall–Kier alpha value is -0.820. The van der Waals surface area contributed by atoms with Crippen LogP contribution in [-0.4, -0.2) is 5.11 Å². The molecular weight excluding hydrogens is 220 g/mol. The molecule has 0 aliphatic heterocycles. The highest BCUT2D eigenvalue weighted by atomic mass is 16.3. The molecule has 0 heterocycles. The van der Waals surface area contributed by atoms with E-state index >= 15 is 0 Å². The summed E-state index contributed by atoms with van der Waals surface area (Å²) in [5.74, 6) is 0. The van der Waals surface area contributed by atoms with Gasteiger partial charge in [0.25, 0.3) is 0 Å². The average molecular weight is 248 g/mol. The van der Waals surface area contributed by atoms with Crippen LogP contribution < -0.4 is 0 Å². The Labute approximate surface area is 112 Å². The van der Waals surface area contributed by atoms with Gasteiger partial charge in [0.2, 0.25) is 0 Å². The van der Waals surface area contributed by atoms with Crippen molar-refractivity contribution in [1.82, 2.24) is 0 Å². The van der Waals surface area contributed by atoms with E-state index in [0.717, 1.165) is 12.0 Å². The van der Waals surface area contributed by atoms with Crippen LogP contribution >= 0.6 is 0 Å². The third kappa shape index (κ3) is 5.22. The van der Waals surface area contributed by atoms with E-state index in [4.69, 9.17) is 0 Å². The van der Waals surface area contributed by atoms with E-state index in [9.17, 15) is 5.11 Å². The molecule has 0 saturated heterocycles. The molecule has 0 aliphatic carbocycles. The van der Waals surface area contributed by atoms with Gasteiger partial charge < -0.3 is 5.11 Å². The SMILES string of the molecule is CCCCCc1ccc(CO)c(CCCCC)c1. The first-order valence-corrected chi connectivity index (χ1v) is 7.53. The van der Waals surface area contributed by atoms with Crippen LogP contribution in [0, 0.1) is 0 Å². The predicted octanol–water partition coefficient (Wildman–Crippen LogP) is 4.64. The van der Waals surface area contributed by atoms with Gasteiger partial charge in [0.05, 0.1) is 6.61 Å². The maximum absolute atomic E-state index is 9.38. The molecule has 0 fully saturated rings. The fourth-order valence-electron chi connectivity index (χ4n) is 2.37. The molecule has 1 nitrogen and oxygen atoms in total. The Kier molecular flexibility index (Phi) is 7.75. The van der Waals surface area contributed by atoms with Crippen LogP contribution in [0.2, 0.25) is 0 Å². The standard InChI is InChI=1S/C17H28O/c1-3-5-7-9-15-11-12-17(14-18)16(13-15)10-8-6-4-2/h11-13,18H,3-10,14H2,1-2H3. The minimum Gasteiger partial charge on any atom is -0.392 e. The average Bonchev–Trinajstić information content (AvgIpc) is 2.40. The second-order valence-corrected chi connectivity index (χ2v) is 5.18. The zero-order valence-electron chi connectivity index (χ0n) is 12.0. The second kappa shape index (κ2) is 9.16. The van der Waals surface area contributed by atoms with Crippen LogP contribution in [0.5, 0.6) is 0 Å². The molecule has 0 bridgehead atoms. The van der Waals surface area contributed by atoms with Crippen LogP contribution in [0.15, 0.2) is 18.2 Å². The zero-order chi connectivity index (χ0) is 13.2. The molecule has 0 amide bonds. The van der Waals surface area contributed by atoms with Gasteiger partial charge in [0, 0.05) is 0 Å². The van der Waals surface area contributed by atoms with Crippen molar-refractivity contribution in [2.24, 2.45) is 0 Å². The topological polar surface area (TPSA) is 20.2 Å². The van der Waals surface area contributed by atoms with E-state index in [0.29, 0.717) is 0 Å². The van der Waals surface area contributed by atoms with Gasteiger partial charge in [-0.3, -0.25) is 0 Å². The fraction of sp³-hybridized carbons (Fsp3) is 0.647. The van der Waals surface area contributed by atoms with Crippen molar-refractivity contribution in [2.75, 3.05) is 0 Å². The Morgan fingerprint density at radius 1 is 0.833 bits per heavy atom. The molecule has 0 aliphatic rings. The molecule has 102 valence electrons. The lowest BCUT2D eigenvalue weighted by molar-refractivity contribution is 0.280. The molecular formula is C17H28O. The number of unbranched alkanes of at least 4 members (excludes halogenated alkanes) is 4. The van der Waals surface area contributed by atoms with Crippen molar-refractivity contribution in [1.29, 1.82) is 0 Å².